The Morgan fingerprint density at radius 2 is 1.26 bits per heavy atom. The van der Waals surface area contributed by atoms with E-state index in [2.05, 4.69) is 0 Å². The Kier molecular flexibility index (Phi) is 14.8. The molecule has 0 aromatic carbocycles. The molecular formula is C14H27NO8. The molecule has 0 amide bonds. The van der Waals surface area contributed by atoms with Crippen LogP contribution in [0, 0.1) is 0 Å². The lowest BCUT2D eigenvalue weighted by Crippen LogP contribution is -2.35. The Morgan fingerprint density at radius 3 is 1.78 bits per heavy atom. The fourth-order valence-corrected chi connectivity index (χ4v) is 1.33. The van der Waals surface area contributed by atoms with E-state index in [1.165, 1.54) is 0 Å². The van der Waals surface area contributed by atoms with Crippen LogP contribution in [0.3, 0.4) is 0 Å². The molecule has 0 radical (unpaired) electrons. The van der Waals surface area contributed by atoms with Crippen molar-refractivity contribution in [3.63, 3.8) is 0 Å². The van der Waals surface area contributed by atoms with E-state index in [0.29, 0.717) is 26.4 Å². The second-order valence-electron chi connectivity index (χ2n) is 4.41. The van der Waals surface area contributed by atoms with Crippen molar-refractivity contribution < 1.29 is 38.0 Å². The molecule has 136 valence electrons. The van der Waals surface area contributed by atoms with Crippen LogP contribution in [-0.4, -0.2) is 85.1 Å². The van der Waals surface area contributed by atoms with Crippen molar-refractivity contribution in [3.05, 3.63) is 0 Å². The molecule has 0 unspecified atom stereocenters. The number of nitrogens with two attached hydrogens (primary N) is 1. The van der Waals surface area contributed by atoms with Crippen molar-refractivity contribution in [1.82, 2.24) is 0 Å². The van der Waals surface area contributed by atoms with Gasteiger partial charge in [-0.1, -0.05) is 0 Å². The van der Waals surface area contributed by atoms with Crippen LogP contribution in [0.2, 0.25) is 0 Å². The highest BCUT2D eigenvalue weighted by atomic mass is 16.6. The van der Waals surface area contributed by atoms with Gasteiger partial charge in [-0.05, 0) is 0 Å². The van der Waals surface area contributed by atoms with Gasteiger partial charge >= 0.3 is 11.9 Å². The largest absolute Gasteiger partial charge is 0.463 e. The van der Waals surface area contributed by atoms with Crippen LogP contribution < -0.4 is 5.73 Å². The zero-order valence-corrected chi connectivity index (χ0v) is 13.8. The van der Waals surface area contributed by atoms with Crippen LogP contribution in [0.25, 0.3) is 0 Å². The minimum atomic E-state index is -1.06. The molecular weight excluding hydrogens is 310 g/mol. The van der Waals surface area contributed by atoms with Gasteiger partial charge in [0.25, 0.3) is 0 Å². The van der Waals surface area contributed by atoms with Gasteiger partial charge in [-0.2, -0.15) is 0 Å². The summed E-state index contributed by atoms with van der Waals surface area (Å²) >= 11 is 0. The van der Waals surface area contributed by atoms with Crippen LogP contribution in [0.1, 0.15) is 6.42 Å². The first-order valence-electron chi connectivity index (χ1n) is 7.33. The maximum absolute atomic E-state index is 11.5. The van der Waals surface area contributed by atoms with Crippen LogP contribution in [-0.2, 0) is 38.0 Å². The second kappa shape index (κ2) is 15.6. The van der Waals surface area contributed by atoms with Gasteiger partial charge < -0.3 is 34.2 Å². The topological polar surface area (TPSA) is 116 Å². The summed E-state index contributed by atoms with van der Waals surface area (Å²) in [5.74, 6) is -1.25. The predicted molar refractivity (Wildman–Crippen MR) is 79.9 cm³/mol. The van der Waals surface area contributed by atoms with Gasteiger partial charge in [0.05, 0.1) is 46.1 Å². The highest BCUT2D eigenvalue weighted by Gasteiger charge is 2.19. The van der Waals surface area contributed by atoms with Gasteiger partial charge in [0.1, 0.15) is 19.3 Å². The fraction of sp³-hybridized carbons (Fsp3) is 0.857. The molecule has 0 rings (SSSR count). The average Bonchev–Trinajstić information content (AvgIpc) is 2.53. The zero-order valence-electron chi connectivity index (χ0n) is 13.8. The third kappa shape index (κ3) is 14.1. The number of hydrogen-bond donors (Lipinski definition) is 1. The summed E-state index contributed by atoms with van der Waals surface area (Å²) in [5.41, 5.74) is 5.57. The summed E-state index contributed by atoms with van der Waals surface area (Å²) in [6.45, 7) is 2.44. The highest BCUT2D eigenvalue weighted by molar-refractivity contribution is 5.82. The minimum Gasteiger partial charge on any atom is -0.463 e. The van der Waals surface area contributed by atoms with E-state index in [4.69, 9.17) is 34.2 Å². The normalized spacial score (nSPS) is 12.0. The lowest BCUT2D eigenvalue weighted by molar-refractivity contribution is -0.153. The molecule has 1 atom stereocenters. The van der Waals surface area contributed by atoms with E-state index >= 15 is 0 Å². The molecule has 2 N–H and O–H groups in total. The van der Waals surface area contributed by atoms with Gasteiger partial charge in [-0.15, -0.1) is 0 Å². The van der Waals surface area contributed by atoms with E-state index in [-0.39, 0.29) is 32.8 Å². The maximum Gasteiger partial charge on any atom is 0.323 e. The summed E-state index contributed by atoms with van der Waals surface area (Å²) in [5, 5.41) is 0. The fourth-order valence-electron chi connectivity index (χ4n) is 1.33. The summed E-state index contributed by atoms with van der Waals surface area (Å²) < 4.78 is 29.6. The van der Waals surface area contributed by atoms with Crippen LogP contribution in [0.4, 0.5) is 0 Å². The number of ether oxygens (including phenoxy) is 6. The molecule has 9 heteroatoms. The van der Waals surface area contributed by atoms with Gasteiger partial charge in [-0.25, -0.2) is 0 Å². The SMILES string of the molecule is COCCOCCOC(=O)C[C@H](N)C(=O)OCCOCCOC. The lowest BCUT2D eigenvalue weighted by Gasteiger charge is -2.11. The highest BCUT2D eigenvalue weighted by Crippen LogP contribution is 1.96. The van der Waals surface area contributed by atoms with E-state index in [1.54, 1.807) is 14.2 Å². The van der Waals surface area contributed by atoms with E-state index in [0.717, 1.165) is 0 Å². The number of methoxy groups -OCH3 is 2. The zero-order chi connectivity index (χ0) is 17.3. The molecule has 0 aliphatic heterocycles. The third-order valence-electron chi connectivity index (χ3n) is 2.52. The Bertz CT molecular complexity index is 313. The quantitative estimate of drug-likeness (QED) is 0.300. The number of hydrogen-bond acceptors (Lipinski definition) is 9. The molecule has 0 saturated heterocycles. The molecule has 9 nitrogen and oxygen atoms in total. The lowest BCUT2D eigenvalue weighted by atomic mass is 10.2. The smallest absolute Gasteiger partial charge is 0.323 e. The number of carbonyl (C=O) groups is 2. The number of rotatable bonds is 15. The minimum absolute atomic E-state index is 0.0681. The van der Waals surface area contributed by atoms with Gasteiger partial charge in [-0.3, -0.25) is 9.59 Å². The molecule has 0 saturated carbocycles. The number of esters is 2. The van der Waals surface area contributed by atoms with Crippen molar-refractivity contribution >= 4 is 11.9 Å². The standard InChI is InChI=1S/C14H27NO8/c1-18-3-5-20-7-9-22-13(16)11-12(15)14(17)23-10-8-21-6-4-19-2/h12H,3-11,15H2,1-2H3/t12-/m0/s1. The van der Waals surface area contributed by atoms with E-state index < -0.39 is 18.0 Å². The Morgan fingerprint density at radius 1 is 0.783 bits per heavy atom. The van der Waals surface area contributed by atoms with Crippen molar-refractivity contribution in [3.8, 4) is 0 Å². The van der Waals surface area contributed by atoms with Crippen LogP contribution in [0.5, 0.6) is 0 Å². The molecule has 0 bridgehead atoms. The van der Waals surface area contributed by atoms with Crippen LogP contribution >= 0.6 is 0 Å². The first-order valence-corrected chi connectivity index (χ1v) is 7.33. The number of carbonyl (C=O) groups excluding carboxylic acids is 2. The Labute approximate surface area is 136 Å². The van der Waals surface area contributed by atoms with Crippen molar-refractivity contribution in [2.45, 2.75) is 12.5 Å². The van der Waals surface area contributed by atoms with Gasteiger partial charge in [0.15, 0.2) is 0 Å². The van der Waals surface area contributed by atoms with Crippen LogP contribution in [0.15, 0.2) is 0 Å². The first kappa shape index (κ1) is 21.7. The van der Waals surface area contributed by atoms with Gasteiger partial charge in [0, 0.05) is 14.2 Å². The summed E-state index contributed by atoms with van der Waals surface area (Å²) in [6.07, 6.45) is -0.249. The molecule has 0 spiro atoms. The Hall–Kier alpha value is -1.26. The van der Waals surface area contributed by atoms with Gasteiger partial charge in [0.2, 0.25) is 0 Å². The summed E-state index contributed by atoms with van der Waals surface area (Å²) in [6, 6.07) is -1.06. The molecule has 23 heavy (non-hydrogen) atoms. The maximum atomic E-state index is 11.5. The molecule has 0 heterocycles. The monoisotopic (exact) mass is 337 g/mol. The first-order chi connectivity index (χ1) is 11.1. The van der Waals surface area contributed by atoms with Crippen molar-refractivity contribution in [2.75, 3.05) is 67.1 Å². The molecule has 0 aromatic heterocycles. The van der Waals surface area contributed by atoms with E-state index in [9.17, 15) is 9.59 Å². The van der Waals surface area contributed by atoms with Crippen molar-refractivity contribution in [2.24, 2.45) is 5.73 Å². The molecule has 0 aromatic rings. The molecule has 0 fully saturated rings. The average molecular weight is 337 g/mol. The third-order valence-corrected chi connectivity index (χ3v) is 2.52. The Balaban J connectivity index is 3.59. The summed E-state index contributed by atoms with van der Waals surface area (Å²) in [7, 11) is 3.13. The van der Waals surface area contributed by atoms with Crippen molar-refractivity contribution in [1.29, 1.82) is 0 Å². The molecule has 0 aliphatic rings. The van der Waals surface area contributed by atoms with E-state index in [1.807, 2.05) is 0 Å². The second-order valence-corrected chi connectivity index (χ2v) is 4.41. The summed E-state index contributed by atoms with van der Waals surface area (Å²) in [4.78, 5) is 23.0. The predicted octanol–water partition coefficient (Wildman–Crippen LogP) is -0.884. The molecule has 0 aliphatic carbocycles.